The van der Waals surface area contributed by atoms with Crippen LogP contribution >= 0.6 is 15.9 Å². The SMILES string of the molecule is COc1cccc(CN(C)C(=O)c2ncccc2Br)c1. The van der Waals surface area contributed by atoms with E-state index >= 15 is 0 Å². The number of aromatic nitrogens is 1. The number of nitrogens with zero attached hydrogens (tertiary/aromatic N) is 2. The van der Waals surface area contributed by atoms with E-state index in [2.05, 4.69) is 20.9 Å². The Balaban J connectivity index is 2.13. The van der Waals surface area contributed by atoms with Crippen LogP contribution in [-0.2, 0) is 6.54 Å². The summed E-state index contributed by atoms with van der Waals surface area (Å²) in [5, 5.41) is 0. The first-order valence-electron chi connectivity index (χ1n) is 6.10. The van der Waals surface area contributed by atoms with E-state index in [4.69, 9.17) is 4.74 Å². The van der Waals surface area contributed by atoms with Gasteiger partial charge in [-0.15, -0.1) is 0 Å². The first-order valence-corrected chi connectivity index (χ1v) is 6.90. The van der Waals surface area contributed by atoms with E-state index in [1.165, 1.54) is 0 Å². The Morgan fingerprint density at radius 2 is 2.15 bits per heavy atom. The topological polar surface area (TPSA) is 42.4 Å². The Kier molecular flexibility index (Phi) is 4.74. The maximum atomic E-state index is 12.3. The largest absolute Gasteiger partial charge is 0.497 e. The molecule has 2 aromatic rings. The molecule has 20 heavy (non-hydrogen) atoms. The molecule has 0 aliphatic carbocycles. The number of rotatable bonds is 4. The van der Waals surface area contributed by atoms with Crippen LogP contribution in [0.2, 0.25) is 0 Å². The number of pyridine rings is 1. The van der Waals surface area contributed by atoms with E-state index in [0.29, 0.717) is 16.7 Å². The molecule has 0 aliphatic heterocycles. The van der Waals surface area contributed by atoms with Gasteiger partial charge in [-0.05, 0) is 45.8 Å². The van der Waals surface area contributed by atoms with Crippen LogP contribution in [0.1, 0.15) is 16.1 Å². The molecule has 0 unspecified atom stereocenters. The number of hydrogen-bond acceptors (Lipinski definition) is 3. The lowest BCUT2D eigenvalue weighted by Gasteiger charge is -2.17. The monoisotopic (exact) mass is 334 g/mol. The number of carbonyl (C=O) groups is 1. The third-order valence-corrected chi connectivity index (χ3v) is 3.50. The highest BCUT2D eigenvalue weighted by Crippen LogP contribution is 2.17. The predicted molar refractivity (Wildman–Crippen MR) is 80.7 cm³/mol. The second kappa shape index (κ2) is 6.52. The Hall–Kier alpha value is -1.88. The third-order valence-electron chi connectivity index (χ3n) is 2.86. The zero-order chi connectivity index (χ0) is 14.5. The summed E-state index contributed by atoms with van der Waals surface area (Å²) < 4.78 is 5.87. The highest BCUT2D eigenvalue weighted by Gasteiger charge is 2.16. The molecule has 0 aliphatic rings. The van der Waals surface area contributed by atoms with E-state index < -0.39 is 0 Å². The van der Waals surface area contributed by atoms with Crippen molar-refractivity contribution in [2.24, 2.45) is 0 Å². The van der Waals surface area contributed by atoms with Crippen LogP contribution in [0.25, 0.3) is 0 Å². The van der Waals surface area contributed by atoms with Crippen LogP contribution in [0.3, 0.4) is 0 Å². The van der Waals surface area contributed by atoms with Gasteiger partial charge < -0.3 is 9.64 Å². The van der Waals surface area contributed by atoms with Crippen LogP contribution in [0.4, 0.5) is 0 Å². The van der Waals surface area contributed by atoms with Gasteiger partial charge in [0.2, 0.25) is 0 Å². The van der Waals surface area contributed by atoms with Crippen LogP contribution in [-0.4, -0.2) is 29.9 Å². The van der Waals surface area contributed by atoms with E-state index in [0.717, 1.165) is 11.3 Å². The fraction of sp³-hybridized carbons (Fsp3) is 0.200. The summed E-state index contributed by atoms with van der Waals surface area (Å²) >= 11 is 3.34. The highest BCUT2D eigenvalue weighted by atomic mass is 79.9. The van der Waals surface area contributed by atoms with Gasteiger partial charge in [0.1, 0.15) is 11.4 Å². The van der Waals surface area contributed by atoms with Crippen LogP contribution in [0.15, 0.2) is 47.1 Å². The minimum absolute atomic E-state index is 0.125. The van der Waals surface area contributed by atoms with Gasteiger partial charge in [0.25, 0.3) is 5.91 Å². The lowest BCUT2D eigenvalue weighted by atomic mass is 10.2. The summed E-state index contributed by atoms with van der Waals surface area (Å²) in [6.07, 6.45) is 1.61. The molecule has 0 spiro atoms. The number of carbonyl (C=O) groups excluding carboxylic acids is 1. The number of amides is 1. The molecule has 1 amide bonds. The molecule has 0 fully saturated rings. The van der Waals surface area contributed by atoms with Crippen molar-refractivity contribution in [3.63, 3.8) is 0 Å². The van der Waals surface area contributed by atoms with Crippen LogP contribution in [0.5, 0.6) is 5.75 Å². The van der Waals surface area contributed by atoms with Gasteiger partial charge in [-0.3, -0.25) is 4.79 Å². The molecule has 5 heteroatoms. The summed E-state index contributed by atoms with van der Waals surface area (Å²) in [7, 11) is 3.38. The van der Waals surface area contributed by atoms with Gasteiger partial charge >= 0.3 is 0 Å². The lowest BCUT2D eigenvalue weighted by Crippen LogP contribution is -2.27. The normalized spacial score (nSPS) is 10.2. The number of methoxy groups -OCH3 is 1. The summed E-state index contributed by atoms with van der Waals surface area (Å²) in [5.74, 6) is 0.655. The maximum absolute atomic E-state index is 12.3. The third kappa shape index (κ3) is 3.36. The van der Waals surface area contributed by atoms with Crippen molar-refractivity contribution in [1.29, 1.82) is 0 Å². The minimum atomic E-state index is -0.125. The average Bonchev–Trinajstić information content (AvgIpc) is 2.47. The Bertz CT molecular complexity index is 616. The fourth-order valence-corrected chi connectivity index (χ4v) is 2.26. The summed E-state index contributed by atoms with van der Waals surface area (Å²) in [6, 6.07) is 11.2. The number of halogens is 1. The Morgan fingerprint density at radius 3 is 2.85 bits per heavy atom. The fourth-order valence-electron chi connectivity index (χ4n) is 1.84. The molecule has 1 aromatic heterocycles. The predicted octanol–water partition coefficient (Wildman–Crippen LogP) is 3.12. The summed E-state index contributed by atoms with van der Waals surface area (Å²) in [5.41, 5.74) is 1.42. The Labute approximate surface area is 126 Å². The average molecular weight is 335 g/mol. The maximum Gasteiger partial charge on any atom is 0.273 e. The molecule has 4 nitrogen and oxygen atoms in total. The highest BCUT2D eigenvalue weighted by molar-refractivity contribution is 9.10. The molecule has 0 N–H and O–H groups in total. The van der Waals surface area contributed by atoms with Gasteiger partial charge in [0.15, 0.2) is 0 Å². The van der Waals surface area contributed by atoms with Crippen molar-refractivity contribution in [2.45, 2.75) is 6.54 Å². The molecular weight excluding hydrogens is 320 g/mol. The Morgan fingerprint density at radius 1 is 1.35 bits per heavy atom. The standard InChI is InChI=1S/C15H15BrN2O2/c1-18(10-11-5-3-6-12(9-11)20-2)15(19)14-13(16)7-4-8-17-14/h3-9H,10H2,1-2H3. The first kappa shape index (κ1) is 14.5. The molecule has 104 valence electrons. The zero-order valence-corrected chi connectivity index (χ0v) is 12.9. The molecule has 0 saturated carbocycles. The van der Waals surface area contributed by atoms with E-state index in [9.17, 15) is 4.79 Å². The molecule has 2 rings (SSSR count). The summed E-state index contributed by atoms with van der Waals surface area (Å²) in [6.45, 7) is 0.499. The van der Waals surface area contributed by atoms with Crippen molar-refractivity contribution in [2.75, 3.05) is 14.2 Å². The van der Waals surface area contributed by atoms with Crippen molar-refractivity contribution < 1.29 is 9.53 Å². The molecule has 1 aromatic carbocycles. The van der Waals surface area contributed by atoms with Gasteiger partial charge in [-0.25, -0.2) is 4.98 Å². The number of hydrogen-bond donors (Lipinski definition) is 0. The van der Waals surface area contributed by atoms with Gasteiger partial charge in [0, 0.05) is 24.3 Å². The van der Waals surface area contributed by atoms with Crippen LogP contribution < -0.4 is 4.74 Å². The lowest BCUT2D eigenvalue weighted by molar-refractivity contribution is 0.0778. The van der Waals surface area contributed by atoms with Crippen molar-refractivity contribution in [3.05, 3.63) is 58.3 Å². The van der Waals surface area contributed by atoms with Crippen molar-refractivity contribution in [1.82, 2.24) is 9.88 Å². The van der Waals surface area contributed by atoms with Crippen LogP contribution in [0, 0.1) is 0 Å². The molecule has 0 atom stereocenters. The van der Waals surface area contributed by atoms with Crippen molar-refractivity contribution >= 4 is 21.8 Å². The second-order valence-corrected chi connectivity index (χ2v) is 5.20. The number of benzene rings is 1. The molecule has 1 heterocycles. The molecule has 0 radical (unpaired) electrons. The zero-order valence-electron chi connectivity index (χ0n) is 11.3. The minimum Gasteiger partial charge on any atom is -0.497 e. The first-order chi connectivity index (χ1) is 9.61. The summed E-state index contributed by atoms with van der Waals surface area (Å²) in [4.78, 5) is 18.1. The van der Waals surface area contributed by atoms with Gasteiger partial charge in [-0.2, -0.15) is 0 Å². The number of ether oxygens (including phenoxy) is 1. The van der Waals surface area contributed by atoms with Gasteiger partial charge in [-0.1, -0.05) is 12.1 Å². The molecule has 0 bridgehead atoms. The van der Waals surface area contributed by atoms with E-state index in [1.807, 2.05) is 24.3 Å². The molecule has 0 saturated heterocycles. The van der Waals surface area contributed by atoms with E-state index in [1.54, 1.807) is 37.4 Å². The smallest absolute Gasteiger partial charge is 0.273 e. The van der Waals surface area contributed by atoms with Crippen molar-refractivity contribution in [3.8, 4) is 5.75 Å². The quantitative estimate of drug-likeness (QED) is 0.862. The van der Waals surface area contributed by atoms with E-state index in [-0.39, 0.29) is 5.91 Å². The van der Waals surface area contributed by atoms with Gasteiger partial charge in [0.05, 0.1) is 7.11 Å². The molecular formula is C15H15BrN2O2. The second-order valence-electron chi connectivity index (χ2n) is 4.35.